The molecule has 0 aromatic carbocycles. The molecule has 0 radical (unpaired) electrons. The van der Waals surface area contributed by atoms with Crippen molar-refractivity contribution in [2.24, 2.45) is 7.05 Å². The Hall–Kier alpha value is -2.37. The third-order valence-electron chi connectivity index (χ3n) is 3.98. The highest BCUT2D eigenvalue weighted by atomic mass is 35.5. The summed E-state index contributed by atoms with van der Waals surface area (Å²) in [6.07, 6.45) is 7.28. The summed E-state index contributed by atoms with van der Waals surface area (Å²) in [5.41, 5.74) is 0.807. The Kier molecular flexibility index (Phi) is 5.13. The van der Waals surface area contributed by atoms with Gasteiger partial charge in [0.15, 0.2) is 5.82 Å². The maximum Gasteiger partial charge on any atom is 0.229 e. The molecular weight excluding hydrogens is 328 g/mol. The van der Waals surface area contributed by atoms with Crippen LogP contribution in [-0.2, 0) is 7.05 Å². The minimum absolute atomic E-state index is 0.324. The summed E-state index contributed by atoms with van der Waals surface area (Å²) in [7, 11) is 1.84. The van der Waals surface area contributed by atoms with Gasteiger partial charge in [-0.15, -0.1) is 0 Å². The largest absolute Gasteiger partial charge is 0.367 e. The van der Waals surface area contributed by atoms with Gasteiger partial charge in [0.2, 0.25) is 5.95 Å². The van der Waals surface area contributed by atoms with Crippen LogP contribution < -0.4 is 10.6 Å². The van der Waals surface area contributed by atoms with Crippen LogP contribution in [0.5, 0.6) is 0 Å². The Balaban J connectivity index is 1.64. The molecule has 126 valence electrons. The van der Waals surface area contributed by atoms with Crippen LogP contribution in [0, 0.1) is 11.3 Å². The minimum Gasteiger partial charge on any atom is -0.367 e. The molecule has 1 saturated heterocycles. The molecule has 1 aliphatic heterocycles. The summed E-state index contributed by atoms with van der Waals surface area (Å²) in [5, 5.41) is 19.8. The number of hydrogen-bond acceptors (Lipinski definition) is 7. The molecule has 1 atom stereocenters. The number of likely N-dealkylation sites (tertiary alicyclic amines) is 1. The number of nitrogens with one attached hydrogen (secondary N) is 2. The number of rotatable bonds is 6. The van der Waals surface area contributed by atoms with Crippen LogP contribution in [0.2, 0.25) is 5.02 Å². The van der Waals surface area contributed by atoms with E-state index in [1.165, 1.54) is 0 Å². The van der Waals surface area contributed by atoms with E-state index in [0.29, 0.717) is 35.9 Å². The molecule has 1 aliphatic rings. The fraction of sp³-hybridized carbons (Fsp3) is 0.467. The summed E-state index contributed by atoms with van der Waals surface area (Å²) in [6, 6.07) is 2.54. The lowest BCUT2D eigenvalue weighted by Crippen LogP contribution is -2.35. The van der Waals surface area contributed by atoms with Crippen molar-refractivity contribution >= 4 is 29.1 Å². The highest BCUT2D eigenvalue weighted by Crippen LogP contribution is 2.23. The molecule has 2 aromatic rings. The second kappa shape index (κ2) is 7.47. The lowest BCUT2D eigenvalue weighted by Gasteiger charge is -2.22. The van der Waals surface area contributed by atoms with Crippen LogP contribution in [-0.4, -0.2) is 50.3 Å². The monoisotopic (exact) mass is 346 g/mol. The van der Waals surface area contributed by atoms with Crippen LogP contribution in [0.4, 0.5) is 17.5 Å². The van der Waals surface area contributed by atoms with Gasteiger partial charge in [0.25, 0.3) is 0 Å². The summed E-state index contributed by atoms with van der Waals surface area (Å²) in [4.78, 5) is 10.8. The lowest BCUT2D eigenvalue weighted by molar-refractivity contribution is 0.294. The van der Waals surface area contributed by atoms with E-state index >= 15 is 0 Å². The zero-order valence-electron chi connectivity index (χ0n) is 13.4. The van der Waals surface area contributed by atoms with Crippen molar-refractivity contribution in [2.45, 2.75) is 18.9 Å². The zero-order chi connectivity index (χ0) is 16.9. The predicted molar refractivity (Wildman–Crippen MR) is 92.2 cm³/mol. The van der Waals surface area contributed by atoms with Crippen LogP contribution in [0.1, 0.15) is 12.8 Å². The minimum atomic E-state index is 0.324. The number of hydrogen-bond donors (Lipinski definition) is 2. The normalized spacial score (nSPS) is 17.6. The Morgan fingerprint density at radius 3 is 3.08 bits per heavy atom. The van der Waals surface area contributed by atoms with Crippen LogP contribution in [0.15, 0.2) is 18.6 Å². The number of aryl methyl sites for hydroxylation is 1. The number of nitriles is 1. The third-order valence-corrected chi connectivity index (χ3v) is 4.26. The van der Waals surface area contributed by atoms with Gasteiger partial charge in [-0.2, -0.15) is 15.3 Å². The smallest absolute Gasteiger partial charge is 0.229 e. The van der Waals surface area contributed by atoms with E-state index in [4.69, 9.17) is 16.9 Å². The first kappa shape index (κ1) is 16.5. The van der Waals surface area contributed by atoms with Crippen molar-refractivity contribution in [3.05, 3.63) is 23.6 Å². The first-order valence-electron chi connectivity index (χ1n) is 7.79. The van der Waals surface area contributed by atoms with E-state index in [1.54, 1.807) is 17.1 Å². The molecule has 24 heavy (non-hydrogen) atoms. The van der Waals surface area contributed by atoms with Crippen molar-refractivity contribution < 1.29 is 0 Å². The topological polar surface area (TPSA) is 94.7 Å². The number of nitrogens with zero attached hydrogens (tertiary/aromatic N) is 6. The third kappa shape index (κ3) is 3.93. The lowest BCUT2D eigenvalue weighted by atomic mass is 10.2. The van der Waals surface area contributed by atoms with Crippen molar-refractivity contribution in [3.8, 4) is 6.07 Å². The number of anilines is 3. The zero-order valence-corrected chi connectivity index (χ0v) is 14.2. The molecule has 0 saturated carbocycles. The van der Waals surface area contributed by atoms with Crippen molar-refractivity contribution in [1.29, 1.82) is 5.26 Å². The fourth-order valence-corrected chi connectivity index (χ4v) is 2.96. The van der Waals surface area contributed by atoms with Crippen LogP contribution in [0.25, 0.3) is 0 Å². The second-order valence-corrected chi connectivity index (χ2v) is 6.13. The van der Waals surface area contributed by atoms with Gasteiger partial charge in [-0.25, -0.2) is 4.98 Å². The Morgan fingerprint density at radius 1 is 1.46 bits per heavy atom. The van der Waals surface area contributed by atoms with Crippen molar-refractivity contribution in [3.63, 3.8) is 0 Å². The van der Waals surface area contributed by atoms with Gasteiger partial charge in [-0.1, -0.05) is 11.6 Å². The van der Waals surface area contributed by atoms with Gasteiger partial charge >= 0.3 is 0 Å². The molecular formula is C15H19ClN8. The maximum absolute atomic E-state index is 8.88. The van der Waals surface area contributed by atoms with Crippen LogP contribution in [0.3, 0.4) is 0 Å². The molecule has 0 amide bonds. The number of halogens is 1. The molecule has 2 N–H and O–H groups in total. The second-order valence-electron chi connectivity index (χ2n) is 5.72. The first-order valence-corrected chi connectivity index (χ1v) is 8.16. The van der Waals surface area contributed by atoms with Gasteiger partial charge in [-0.05, 0) is 19.4 Å². The molecule has 1 fully saturated rings. The molecule has 0 spiro atoms. The standard InChI is InChI=1S/C15H19ClN8/c1-23-10-11(7-20-23)21-15-19-9-13(16)14(22-15)18-8-12-3-2-5-24(12)6-4-17/h7,9-10,12H,2-3,5-6,8H2,1H3,(H2,18,19,21,22)/t12-/m1/s1. The summed E-state index contributed by atoms with van der Waals surface area (Å²) >= 11 is 6.19. The van der Waals surface area contributed by atoms with E-state index in [1.807, 2.05) is 13.2 Å². The first-order chi connectivity index (χ1) is 11.7. The SMILES string of the molecule is Cn1cc(Nc2ncc(Cl)c(NC[C@H]3CCCN3CC#N)n2)cn1. The van der Waals surface area contributed by atoms with E-state index in [2.05, 4.69) is 36.7 Å². The summed E-state index contributed by atoms with van der Waals surface area (Å²) in [5.74, 6) is 1.04. The molecule has 0 aliphatic carbocycles. The summed E-state index contributed by atoms with van der Waals surface area (Å²) < 4.78 is 1.70. The average molecular weight is 347 g/mol. The van der Waals surface area contributed by atoms with E-state index in [-0.39, 0.29) is 0 Å². The molecule has 8 nitrogen and oxygen atoms in total. The average Bonchev–Trinajstić information content (AvgIpc) is 3.17. The van der Waals surface area contributed by atoms with E-state index in [0.717, 1.165) is 25.1 Å². The van der Waals surface area contributed by atoms with Crippen LogP contribution >= 0.6 is 11.6 Å². The van der Waals surface area contributed by atoms with Gasteiger partial charge in [0, 0.05) is 25.8 Å². The van der Waals surface area contributed by atoms with Gasteiger partial charge in [0.05, 0.1) is 30.7 Å². The highest BCUT2D eigenvalue weighted by Gasteiger charge is 2.24. The maximum atomic E-state index is 8.88. The molecule has 9 heteroatoms. The van der Waals surface area contributed by atoms with E-state index in [9.17, 15) is 0 Å². The van der Waals surface area contributed by atoms with Gasteiger partial charge in [0.1, 0.15) is 5.02 Å². The molecule has 0 bridgehead atoms. The highest BCUT2D eigenvalue weighted by molar-refractivity contribution is 6.32. The molecule has 2 aromatic heterocycles. The van der Waals surface area contributed by atoms with Crippen molar-refractivity contribution in [1.82, 2.24) is 24.6 Å². The predicted octanol–water partition coefficient (Wildman–Crippen LogP) is 2.01. The quantitative estimate of drug-likeness (QED) is 0.772. The number of aromatic nitrogens is 4. The Labute approximate surface area is 145 Å². The molecule has 3 heterocycles. The Morgan fingerprint density at radius 2 is 2.33 bits per heavy atom. The van der Waals surface area contributed by atoms with E-state index < -0.39 is 0 Å². The summed E-state index contributed by atoms with van der Waals surface area (Å²) in [6.45, 7) is 2.12. The van der Waals surface area contributed by atoms with Gasteiger partial charge in [-0.3, -0.25) is 9.58 Å². The molecule has 3 rings (SSSR count). The fourth-order valence-electron chi connectivity index (χ4n) is 2.81. The Bertz CT molecular complexity index is 737. The van der Waals surface area contributed by atoms with Gasteiger partial charge < -0.3 is 10.6 Å². The van der Waals surface area contributed by atoms with Crippen molar-refractivity contribution in [2.75, 3.05) is 30.3 Å². The molecule has 0 unspecified atom stereocenters.